The molecule has 0 bridgehead atoms. The SMILES string of the molecule is C=C(C)CC1N2CCCC2C([N+](=O)[O-])C(c2ccccc2)C1(C)C. The molecule has 0 radical (unpaired) electrons. The van der Waals surface area contributed by atoms with Gasteiger partial charge in [0.1, 0.15) is 0 Å². The number of rotatable bonds is 4. The summed E-state index contributed by atoms with van der Waals surface area (Å²) in [6, 6.07) is 9.91. The fourth-order valence-electron chi connectivity index (χ4n) is 5.13. The van der Waals surface area contributed by atoms with E-state index in [4.69, 9.17) is 0 Å². The Labute approximate surface area is 144 Å². The summed E-state index contributed by atoms with van der Waals surface area (Å²) >= 11 is 0. The molecular weight excluding hydrogens is 300 g/mol. The van der Waals surface area contributed by atoms with Crippen LogP contribution in [0.1, 0.15) is 51.5 Å². The van der Waals surface area contributed by atoms with Crippen LogP contribution in [0.2, 0.25) is 0 Å². The molecule has 0 N–H and O–H groups in total. The molecule has 0 aromatic heterocycles. The van der Waals surface area contributed by atoms with Crippen molar-refractivity contribution in [3.8, 4) is 0 Å². The summed E-state index contributed by atoms with van der Waals surface area (Å²) in [6.07, 6.45) is 2.90. The van der Waals surface area contributed by atoms with Crippen LogP contribution in [0.4, 0.5) is 0 Å². The van der Waals surface area contributed by atoms with E-state index < -0.39 is 6.04 Å². The number of nitrogens with zero attached hydrogens (tertiary/aromatic N) is 2. The van der Waals surface area contributed by atoms with Gasteiger partial charge in [-0.25, -0.2) is 0 Å². The second-order valence-electron chi connectivity index (χ2n) is 8.11. The third-order valence-corrected chi connectivity index (χ3v) is 6.08. The number of hydrogen-bond acceptors (Lipinski definition) is 3. The maximum atomic E-state index is 12.1. The van der Waals surface area contributed by atoms with Crippen LogP contribution in [0.15, 0.2) is 42.5 Å². The molecule has 2 aliphatic rings. The highest BCUT2D eigenvalue weighted by molar-refractivity contribution is 5.28. The van der Waals surface area contributed by atoms with Gasteiger partial charge in [0.05, 0.1) is 12.0 Å². The molecule has 2 saturated heterocycles. The van der Waals surface area contributed by atoms with Gasteiger partial charge >= 0.3 is 0 Å². The zero-order valence-corrected chi connectivity index (χ0v) is 14.9. The van der Waals surface area contributed by atoms with Gasteiger partial charge in [-0.05, 0) is 43.7 Å². The Balaban J connectivity index is 2.11. The fourth-order valence-corrected chi connectivity index (χ4v) is 5.13. The lowest BCUT2D eigenvalue weighted by atomic mass is 9.61. The van der Waals surface area contributed by atoms with Crippen LogP contribution in [0.3, 0.4) is 0 Å². The number of hydrogen-bond donors (Lipinski definition) is 0. The predicted molar refractivity (Wildman–Crippen MR) is 96.7 cm³/mol. The summed E-state index contributed by atoms with van der Waals surface area (Å²) in [6.45, 7) is 11.6. The Morgan fingerprint density at radius 2 is 2.04 bits per heavy atom. The summed E-state index contributed by atoms with van der Waals surface area (Å²) in [7, 11) is 0. The highest BCUT2D eigenvalue weighted by Gasteiger charge is 2.59. The molecule has 4 nitrogen and oxygen atoms in total. The normalized spacial score (nSPS) is 32.3. The van der Waals surface area contributed by atoms with E-state index in [2.05, 4.69) is 44.4 Å². The van der Waals surface area contributed by atoms with Crippen LogP contribution in [0.25, 0.3) is 0 Å². The van der Waals surface area contributed by atoms with Gasteiger partial charge in [-0.1, -0.05) is 49.8 Å². The van der Waals surface area contributed by atoms with Crippen LogP contribution < -0.4 is 0 Å². The second kappa shape index (κ2) is 6.32. The molecule has 4 heteroatoms. The van der Waals surface area contributed by atoms with Gasteiger partial charge in [-0.2, -0.15) is 0 Å². The molecule has 0 spiro atoms. The van der Waals surface area contributed by atoms with Crippen LogP contribution in [-0.4, -0.2) is 34.5 Å². The van der Waals surface area contributed by atoms with Crippen LogP contribution in [-0.2, 0) is 0 Å². The van der Waals surface area contributed by atoms with Gasteiger partial charge < -0.3 is 0 Å². The average Bonchev–Trinajstić information content (AvgIpc) is 2.98. The molecule has 2 aliphatic heterocycles. The van der Waals surface area contributed by atoms with Crippen molar-refractivity contribution in [2.75, 3.05) is 6.54 Å². The number of nitro groups is 1. The fraction of sp³-hybridized carbons (Fsp3) is 0.600. The minimum Gasteiger partial charge on any atom is -0.290 e. The van der Waals surface area contributed by atoms with Crippen molar-refractivity contribution in [1.29, 1.82) is 0 Å². The van der Waals surface area contributed by atoms with E-state index in [1.165, 1.54) is 0 Å². The van der Waals surface area contributed by atoms with Crippen LogP contribution in [0.5, 0.6) is 0 Å². The van der Waals surface area contributed by atoms with Crippen LogP contribution in [0, 0.1) is 15.5 Å². The molecule has 3 rings (SSSR count). The van der Waals surface area contributed by atoms with Crippen molar-refractivity contribution >= 4 is 0 Å². The topological polar surface area (TPSA) is 46.4 Å². The molecule has 0 aliphatic carbocycles. The van der Waals surface area contributed by atoms with Crippen molar-refractivity contribution in [1.82, 2.24) is 4.90 Å². The van der Waals surface area contributed by atoms with E-state index in [9.17, 15) is 10.1 Å². The highest BCUT2D eigenvalue weighted by Crippen LogP contribution is 2.52. The van der Waals surface area contributed by atoms with E-state index in [0.717, 1.165) is 36.9 Å². The molecule has 130 valence electrons. The molecule has 1 aromatic carbocycles. The minimum absolute atomic E-state index is 0.0145. The smallest absolute Gasteiger partial charge is 0.235 e. The minimum atomic E-state index is -0.536. The zero-order valence-electron chi connectivity index (χ0n) is 14.9. The Kier molecular flexibility index (Phi) is 4.52. The van der Waals surface area contributed by atoms with E-state index in [-0.39, 0.29) is 22.3 Å². The van der Waals surface area contributed by atoms with E-state index in [0.29, 0.717) is 6.04 Å². The third-order valence-electron chi connectivity index (χ3n) is 6.08. The Bertz CT molecular complexity index is 626. The third kappa shape index (κ3) is 2.77. The van der Waals surface area contributed by atoms with Crippen molar-refractivity contribution in [2.45, 2.75) is 64.1 Å². The molecular formula is C20H28N2O2. The summed E-state index contributed by atoms with van der Waals surface area (Å²) in [4.78, 5) is 14.5. The van der Waals surface area contributed by atoms with Crippen molar-refractivity contribution in [2.24, 2.45) is 5.41 Å². The van der Waals surface area contributed by atoms with E-state index >= 15 is 0 Å². The van der Waals surface area contributed by atoms with Gasteiger partial charge in [-0.3, -0.25) is 15.0 Å². The first-order chi connectivity index (χ1) is 11.3. The second-order valence-corrected chi connectivity index (χ2v) is 8.11. The van der Waals surface area contributed by atoms with E-state index in [1.54, 1.807) is 0 Å². The van der Waals surface area contributed by atoms with Gasteiger partial charge in [-0.15, -0.1) is 6.58 Å². The molecule has 4 atom stereocenters. The van der Waals surface area contributed by atoms with Gasteiger partial charge in [0, 0.05) is 11.0 Å². The molecule has 2 heterocycles. The Morgan fingerprint density at radius 3 is 2.62 bits per heavy atom. The maximum absolute atomic E-state index is 12.1. The number of benzene rings is 1. The van der Waals surface area contributed by atoms with Crippen molar-refractivity contribution < 1.29 is 4.92 Å². The average molecular weight is 328 g/mol. The molecule has 0 amide bonds. The first kappa shape index (κ1) is 17.2. The summed E-state index contributed by atoms with van der Waals surface area (Å²) in [5.41, 5.74) is 2.08. The largest absolute Gasteiger partial charge is 0.290 e. The van der Waals surface area contributed by atoms with Gasteiger partial charge in [0.15, 0.2) is 0 Å². The zero-order chi connectivity index (χ0) is 17.5. The molecule has 1 aromatic rings. The maximum Gasteiger partial charge on any atom is 0.235 e. The molecule has 2 fully saturated rings. The lowest BCUT2D eigenvalue weighted by Crippen LogP contribution is -2.63. The standard InChI is InChI=1S/C20H28N2O2/c1-14(2)13-17-20(3,4)18(15-9-6-5-7-10-15)19(22(23)24)16-11-8-12-21(16)17/h5-7,9-10,16-19H,1,8,11-13H2,2-4H3. The molecule has 0 saturated carbocycles. The van der Waals surface area contributed by atoms with Crippen molar-refractivity contribution in [3.05, 3.63) is 58.2 Å². The van der Waals surface area contributed by atoms with Gasteiger partial charge in [0.2, 0.25) is 6.04 Å². The lowest BCUT2D eigenvalue weighted by molar-refractivity contribution is -0.543. The summed E-state index contributed by atoms with van der Waals surface area (Å²) in [5, 5.41) is 12.1. The van der Waals surface area contributed by atoms with Crippen LogP contribution >= 0.6 is 0 Å². The van der Waals surface area contributed by atoms with Gasteiger partial charge in [0.25, 0.3) is 0 Å². The summed E-state index contributed by atoms with van der Waals surface area (Å²) < 4.78 is 0. The first-order valence-corrected chi connectivity index (χ1v) is 8.92. The first-order valence-electron chi connectivity index (χ1n) is 8.92. The monoisotopic (exact) mass is 328 g/mol. The lowest BCUT2D eigenvalue weighted by Gasteiger charge is -2.53. The summed E-state index contributed by atoms with van der Waals surface area (Å²) in [5.74, 6) is -0.0719. The quantitative estimate of drug-likeness (QED) is 0.471. The Morgan fingerprint density at radius 1 is 1.38 bits per heavy atom. The number of fused-ring (bicyclic) bond motifs is 1. The highest BCUT2D eigenvalue weighted by atomic mass is 16.6. The van der Waals surface area contributed by atoms with E-state index in [1.807, 2.05) is 18.2 Å². The molecule has 4 unspecified atom stereocenters. The predicted octanol–water partition coefficient (Wildman–Crippen LogP) is 4.25. The Hall–Kier alpha value is -1.68. The number of piperidine rings is 1. The molecule has 24 heavy (non-hydrogen) atoms. The van der Waals surface area contributed by atoms with Crippen molar-refractivity contribution in [3.63, 3.8) is 0 Å².